The molecule has 3 aromatic rings. The van der Waals surface area contributed by atoms with Crippen molar-refractivity contribution in [3.05, 3.63) is 71.5 Å². The second-order valence-electron chi connectivity index (χ2n) is 5.04. The zero-order valence-electron chi connectivity index (χ0n) is 11.9. The Bertz CT molecular complexity index is 779. The van der Waals surface area contributed by atoms with Gasteiger partial charge < -0.3 is 0 Å². The lowest BCUT2D eigenvalue weighted by Crippen LogP contribution is -2.01. The first-order valence-electron chi connectivity index (χ1n) is 7.12. The molecule has 0 aliphatic rings. The molecule has 0 saturated heterocycles. The Labute approximate surface area is 123 Å². The second kappa shape index (κ2) is 5.83. The molecule has 0 aliphatic carbocycles. The fourth-order valence-corrected chi connectivity index (χ4v) is 2.38. The van der Waals surface area contributed by atoms with E-state index in [1.54, 1.807) is 24.5 Å². The van der Waals surface area contributed by atoms with E-state index < -0.39 is 0 Å². The monoisotopic (exact) mass is 276 g/mol. The summed E-state index contributed by atoms with van der Waals surface area (Å²) in [6.45, 7) is 2.15. The molecule has 104 valence electrons. The lowest BCUT2D eigenvalue weighted by Gasteiger charge is -2.04. The van der Waals surface area contributed by atoms with E-state index >= 15 is 0 Å². The Morgan fingerprint density at radius 3 is 2.29 bits per heavy atom. The molecule has 0 fully saturated rings. The minimum absolute atomic E-state index is 0.0191. The number of aryl methyl sites for hydroxylation is 1. The molecule has 0 saturated carbocycles. The van der Waals surface area contributed by atoms with E-state index in [-0.39, 0.29) is 5.78 Å². The molecule has 0 amide bonds. The fourth-order valence-electron chi connectivity index (χ4n) is 2.38. The Morgan fingerprint density at radius 1 is 0.905 bits per heavy atom. The van der Waals surface area contributed by atoms with E-state index in [2.05, 4.69) is 16.9 Å². The van der Waals surface area contributed by atoms with E-state index in [1.165, 1.54) is 5.56 Å². The third-order valence-corrected chi connectivity index (χ3v) is 3.49. The highest BCUT2D eigenvalue weighted by Crippen LogP contribution is 2.16. The standard InChI is InChI=1S/C18H16N2O/c1-2-3-13-4-6-14(7-5-13)18(21)15-8-9-16-17(12-15)20-11-10-19-16/h4-12H,2-3H2,1H3. The van der Waals surface area contributed by atoms with Crippen LogP contribution in [0.1, 0.15) is 34.8 Å². The fraction of sp³-hybridized carbons (Fsp3) is 0.167. The van der Waals surface area contributed by atoms with Crippen molar-refractivity contribution < 1.29 is 4.79 Å². The second-order valence-corrected chi connectivity index (χ2v) is 5.04. The van der Waals surface area contributed by atoms with Crippen LogP contribution in [0.25, 0.3) is 11.0 Å². The molecule has 0 bridgehead atoms. The third-order valence-electron chi connectivity index (χ3n) is 3.49. The van der Waals surface area contributed by atoms with Crippen LogP contribution in [0.4, 0.5) is 0 Å². The van der Waals surface area contributed by atoms with Gasteiger partial charge in [0.25, 0.3) is 0 Å². The summed E-state index contributed by atoms with van der Waals surface area (Å²) in [5.41, 5.74) is 4.15. The molecule has 0 unspecified atom stereocenters. The van der Waals surface area contributed by atoms with Gasteiger partial charge in [0, 0.05) is 23.5 Å². The van der Waals surface area contributed by atoms with E-state index in [9.17, 15) is 4.79 Å². The number of hydrogen-bond donors (Lipinski definition) is 0. The van der Waals surface area contributed by atoms with Crippen LogP contribution in [0, 0.1) is 0 Å². The number of aromatic nitrogens is 2. The van der Waals surface area contributed by atoms with Gasteiger partial charge in [-0.25, -0.2) is 0 Å². The van der Waals surface area contributed by atoms with Crippen LogP contribution in [-0.4, -0.2) is 15.8 Å². The van der Waals surface area contributed by atoms with Crippen molar-refractivity contribution in [2.24, 2.45) is 0 Å². The summed E-state index contributed by atoms with van der Waals surface area (Å²) in [6, 6.07) is 13.3. The Hall–Kier alpha value is -2.55. The van der Waals surface area contributed by atoms with Crippen LogP contribution >= 0.6 is 0 Å². The molecule has 0 aliphatic heterocycles. The smallest absolute Gasteiger partial charge is 0.193 e. The highest BCUT2D eigenvalue weighted by molar-refractivity contribution is 6.10. The number of fused-ring (bicyclic) bond motifs is 1. The molecule has 0 radical (unpaired) electrons. The van der Waals surface area contributed by atoms with Gasteiger partial charge in [0.2, 0.25) is 0 Å². The van der Waals surface area contributed by atoms with Gasteiger partial charge in [0.15, 0.2) is 5.78 Å². The number of ketones is 1. The molecule has 1 aromatic heterocycles. The van der Waals surface area contributed by atoms with Gasteiger partial charge in [-0.1, -0.05) is 37.6 Å². The van der Waals surface area contributed by atoms with Gasteiger partial charge in [0.05, 0.1) is 11.0 Å². The van der Waals surface area contributed by atoms with Crippen molar-refractivity contribution in [1.29, 1.82) is 0 Å². The van der Waals surface area contributed by atoms with Crippen LogP contribution in [0.15, 0.2) is 54.9 Å². The van der Waals surface area contributed by atoms with Crippen LogP contribution in [-0.2, 0) is 6.42 Å². The normalized spacial score (nSPS) is 10.7. The van der Waals surface area contributed by atoms with Crippen LogP contribution < -0.4 is 0 Å². The largest absolute Gasteiger partial charge is 0.289 e. The number of nitrogens with zero attached hydrogens (tertiary/aromatic N) is 2. The number of carbonyl (C=O) groups is 1. The minimum atomic E-state index is 0.0191. The number of rotatable bonds is 4. The van der Waals surface area contributed by atoms with Gasteiger partial charge in [-0.05, 0) is 30.2 Å². The zero-order valence-corrected chi connectivity index (χ0v) is 11.9. The maximum Gasteiger partial charge on any atom is 0.193 e. The molecule has 0 spiro atoms. The molecule has 21 heavy (non-hydrogen) atoms. The predicted molar refractivity (Wildman–Crippen MR) is 83.4 cm³/mol. The molecule has 3 heteroatoms. The Morgan fingerprint density at radius 2 is 1.57 bits per heavy atom. The van der Waals surface area contributed by atoms with E-state index in [4.69, 9.17) is 0 Å². The van der Waals surface area contributed by atoms with Crippen molar-refractivity contribution in [2.75, 3.05) is 0 Å². The van der Waals surface area contributed by atoms with Gasteiger partial charge in [-0.2, -0.15) is 0 Å². The average Bonchev–Trinajstić information content (AvgIpc) is 2.55. The molecule has 2 aromatic carbocycles. The lowest BCUT2D eigenvalue weighted by atomic mass is 10.0. The van der Waals surface area contributed by atoms with E-state index in [0.29, 0.717) is 11.1 Å². The van der Waals surface area contributed by atoms with Crippen molar-refractivity contribution >= 4 is 16.8 Å². The van der Waals surface area contributed by atoms with Crippen molar-refractivity contribution in [3.63, 3.8) is 0 Å². The topological polar surface area (TPSA) is 42.9 Å². The summed E-state index contributed by atoms with van der Waals surface area (Å²) in [6.07, 6.45) is 5.43. The molecule has 3 nitrogen and oxygen atoms in total. The quantitative estimate of drug-likeness (QED) is 0.680. The summed E-state index contributed by atoms with van der Waals surface area (Å²) in [4.78, 5) is 21.0. The predicted octanol–water partition coefficient (Wildman–Crippen LogP) is 3.81. The average molecular weight is 276 g/mol. The first-order valence-corrected chi connectivity index (χ1v) is 7.12. The van der Waals surface area contributed by atoms with Gasteiger partial charge in [-0.15, -0.1) is 0 Å². The number of carbonyl (C=O) groups excluding carboxylic acids is 1. The summed E-state index contributed by atoms with van der Waals surface area (Å²) in [5, 5.41) is 0. The van der Waals surface area contributed by atoms with E-state index in [0.717, 1.165) is 23.9 Å². The molecular weight excluding hydrogens is 260 g/mol. The van der Waals surface area contributed by atoms with Crippen LogP contribution in [0.2, 0.25) is 0 Å². The molecular formula is C18H16N2O. The van der Waals surface area contributed by atoms with Crippen molar-refractivity contribution in [1.82, 2.24) is 9.97 Å². The number of hydrogen-bond acceptors (Lipinski definition) is 3. The number of benzene rings is 2. The minimum Gasteiger partial charge on any atom is -0.289 e. The maximum atomic E-state index is 12.5. The summed E-state index contributed by atoms with van der Waals surface area (Å²) < 4.78 is 0. The summed E-state index contributed by atoms with van der Waals surface area (Å²) >= 11 is 0. The van der Waals surface area contributed by atoms with E-state index in [1.807, 2.05) is 30.3 Å². The first kappa shape index (κ1) is 13.4. The molecule has 0 N–H and O–H groups in total. The highest BCUT2D eigenvalue weighted by atomic mass is 16.1. The van der Waals surface area contributed by atoms with Crippen molar-refractivity contribution in [2.45, 2.75) is 19.8 Å². The SMILES string of the molecule is CCCc1ccc(C(=O)c2ccc3nccnc3c2)cc1. The van der Waals surface area contributed by atoms with Gasteiger partial charge in [0.1, 0.15) is 0 Å². The zero-order chi connectivity index (χ0) is 14.7. The van der Waals surface area contributed by atoms with Gasteiger partial charge in [-0.3, -0.25) is 14.8 Å². The third kappa shape index (κ3) is 2.82. The van der Waals surface area contributed by atoms with Crippen LogP contribution in [0.3, 0.4) is 0 Å². The first-order chi connectivity index (χ1) is 10.3. The summed E-state index contributed by atoms with van der Waals surface area (Å²) in [7, 11) is 0. The Balaban J connectivity index is 1.92. The van der Waals surface area contributed by atoms with Crippen LogP contribution in [0.5, 0.6) is 0 Å². The Kier molecular flexibility index (Phi) is 3.73. The van der Waals surface area contributed by atoms with Gasteiger partial charge >= 0.3 is 0 Å². The highest BCUT2D eigenvalue weighted by Gasteiger charge is 2.10. The summed E-state index contributed by atoms with van der Waals surface area (Å²) in [5.74, 6) is 0.0191. The molecule has 0 atom stereocenters. The molecule has 3 rings (SSSR count). The lowest BCUT2D eigenvalue weighted by molar-refractivity contribution is 0.103. The molecule has 1 heterocycles. The van der Waals surface area contributed by atoms with Crippen molar-refractivity contribution in [3.8, 4) is 0 Å². The maximum absolute atomic E-state index is 12.5.